The maximum absolute atomic E-state index is 13.7. The number of hydrogen-bond acceptors (Lipinski definition) is 2. The van der Waals surface area contributed by atoms with E-state index in [-0.39, 0.29) is 12.0 Å². The van der Waals surface area contributed by atoms with Crippen molar-refractivity contribution in [3.63, 3.8) is 0 Å². The molecule has 138 valence electrons. The monoisotopic (exact) mass is 377 g/mol. The maximum Gasteiger partial charge on any atom is 0.264 e. The van der Waals surface area contributed by atoms with Crippen LogP contribution in [0.1, 0.15) is 42.0 Å². The summed E-state index contributed by atoms with van der Waals surface area (Å²) in [6.07, 6.45) is 0.756. The van der Waals surface area contributed by atoms with Gasteiger partial charge in [0.2, 0.25) is 0 Å². The van der Waals surface area contributed by atoms with Gasteiger partial charge in [0.25, 0.3) is 10.0 Å². The zero-order chi connectivity index (χ0) is 19.0. The SMILES string of the molecule is Cc1ccc(S(=O)(=O)N2c3ccccc3[C@@H](C)C[C@H]2c2ccccc2)cc1. The van der Waals surface area contributed by atoms with E-state index < -0.39 is 10.0 Å². The molecule has 0 amide bonds. The van der Waals surface area contributed by atoms with Crippen LogP contribution in [0.4, 0.5) is 5.69 Å². The van der Waals surface area contributed by atoms with Gasteiger partial charge in [0.1, 0.15) is 0 Å². The number of anilines is 1. The molecule has 27 heavy (non-hydrogen) atoms. The van der Waals surface area contributed by atoms with Gasteiger partial charge in [-0.05, 0) is 48.6 Å². The van der Waals surface area contributed by atoms with Crippen molar-refractivity contribution in [1.29, 1.82) is 0 Å². The fourth-order valence-electron chi connectivity index (χ4n) is 3.90. The van der Waals surface area contributed by atoms with Crippen LogP contribution in [0.15, 0.2) is 83.8 Å². The van der Waals surface area contributed by atoms with Crippen LogP contribution in [-0.4, -0.2) is 8.42 Å². The normalized spacial score (nSPS) is 19.6. The highest BCUT2D eigenvalue weighted by Crippen LogP contribution is 2.47. The third-order valence-electron chi connectivity index (χ3n) is 5.33. The second-order valence-electron chi connectivity index (χ2n) is 7.24. The highest BCUT2D eigenvalue weighted by molar-refractivity contribution is 7.92. The number of sulfonamides is 1. The Kier molecular flexibility index (Phi) is 4.52. The molecule has 0 saturated carbocycles. The van der Waals surface area contributed by atoms with Gasteiger partial charge in [0.15, 0.2) is 0 Å². The van der Waals surface area contributed by atoms with Crippen LogP contribution in [-0.2, 0) is 10.0 Å². The summed E-state index contributed by atoms with van der Waals surface area (Å²) in [5, 5.41) is 0. The highest BCUT2D eigenvalue weighted by Gasteiger charge is 2.39. The molecule has 2 atom stereocenters. The van der Waals surface area contributed by atoms with Crippen molar-refractivity contribution in [2.45, 2.75) is 37.1 Å². The van der Waals surface area contributed by atoms with Crippen LogP contribution in [0, 0.1) is 6.92 Å². The second-order valence-corrected chi connectivity index (χ2v) is 9.05. The zero-order valence-corrected chi connectivity index (χ0v) is 16.4. The van der Waals surface area contributed by atoms with Gasteiger partial charge in [-0.2, -0.15) is 0 Å². The van der Waals surface area contributed by atoms with Crippen LogP contribution in [0.3, 0.4) is 0 Å². The van der Waals surface area contributed by atoms with Crippen molar-refractivity contribution in [3.05, 3.63) is 95.6 Å². The van der Waals surface area contributed by atoms with Gasteiger partial charge in [-0.3, -0.25) is 4.31 Å². The molecular formula is C23H23NO2S. The molecule has 0 N–H and O–H groups in total. The van der Waals surface area contributed by atoms with E-state index in [9.17, 15) is 8.42 Å². The Bertz CT molecular complexity index is 1040. The summed E-state index contributed by atoms with van der Waals surface area (Å²) < 4.78 is 29.0. The van der Waals surface area contributed by atoms with E-state index >= 15 is 0 Å². The van der Waals surface area contributed by atoms with Crippen LogP contribution in [0.2, 0.25) is 0 Å². The molecule has 0 bridgehead atoms. The van der Waals surface area contributed by atoms with E-state index in [1.54, 1.807) is 16.4 Å². The maximum atomic E-state index is 13.7. The predicted molar refractivity (Wildman–Crippen MR) is 110 cm³/mol. The Morgan fingerprint density at radius 3 is 2.19 bits per heavy atom. The number of nitrogens with zero attached hydrogens (tertiary/aromatic N) is 1. The minimum Gasteiger partial charge on any atom is -0.259 e. The molecule has 3 aromatic rings. The molecule has 1 aliphatic heterocycles. The first-order valence-electron chi connectivity index (χ1n) is 9.23. The lowest BCUT2D eigenvalue weighted by Crippen LogP contribution is -2.39. The molecule has 0 spiro atoms. The van der Waals surface area contributed by atoms with E-state index in [4.69, 9.17) is 0 Å². The largest absolute Gasteiger partial charge is 0.264 e. The first-order chi connectivity index (χ1) is 13.0. The molecule has 4 heteroatoms. The van der Waals surface area contributed by atoms with E-state index in [0.717, 1.165) is 28.8 Å². The lowest BCUT2D eigenvalue weighted by Gasteiger charge is -2.40. The Hall–Kier alpha value is -2.59. The van der Waals surface area contributed by atoms with E-state index in [2.05, 4.69) is 6.92 Å². The molecule has 3 aromatic carbocycles. The van der Waals surface area contributed by atoms with Crippen molar-refractivity contribution in [1.82, 2.24) is 0 Å². The Morgan fingerprint density at radius 1 is 0.852 bits per heavy atom. The summed E-state index contributed by atoms with van der Waals surface area (Å²) in [6.45, 7) is 4.13. The molecule has 0 aliphatic carbocycles. The zero-order valence-electron chi connectivity index (χ0n) is 15.5. The van der Waals surface area contributed by atoms with Crippen LogP contribution >= 0.6 is 0 Å². The third-order valence-corrected chi connectivity index (χ3v) is 7.16. The number of fused-ring (bicyclic) bond motifs is 1. The fraction of sp³-hybridized carbons (Fsp3) is 0.217. The average Bonchev–Trinajstić information content (AvgIpc) is 2.69. The summed E-state index contributed by atoms with van der Waals surface area (Å²) in [4.78, 5) is 0.332. The predicted octanol–water partition coefficient (Wildman–Crippen LogP) is 5.44. The average molecular weight is 378 g/mol. The minimum absolute atomic E-state index is 0.220. The fourth-order valence-corrected chi connectivity index (χ4v) is 5.57. The third kappa shape index (κ3) is 3.15. The Balaban J connectivity index is 1.92. The number of rotatable bonds is 3. The van der Waals surface area contributed by atoms with Crippen molar-refractivity contribution in [2.75, 3.05) is 4.31 Å². The lowest BCUT2D eigenvalue weighted by atomic mass is 9.86. The van der Waals surface area contributed by atoms with E-state index in [1.807, 2.05) is 73.7 Å². The molecule has 1 heterocycles. The van der Waals surface area contributed by atoms with Crippen molar-refractivity contribution >= 4 is 15.7 Å². The molecule has 0 aromatic heterocycles. The molecule has 4 rings (SSSR count). The summed E-state index contributed by atoms with van der Waals surface area (Å²) >= 11 is 0. The van der Waals surface area contributed by atoms with Crippen molar-refractivity contribution in [2.24, 2.45) is 0 Å². The number of benzene rings is 3. The van der Waals surface area contributed by atoms with Gasteiger partial charge in [-0.25, -0.2) is 8.42 Å². The lowest BCUT2D eigenvalue weighted by molar-refractivity contribution is 0.523. The standard InChI is InChI=1S/C23H23NO2S/c1-17-12-14-20(15-13-17)27(25,26)24-22-11-7-6-10-21(22)18(2)16-23(24)19-8-4-3-5-9-19/h3-15,18,23H,16H2,1-2H3/t18-,23-/m0/s1. The van der Waals surface area contributed by atoms with Gasteiger partial charge < -0.3 is 0 Å². The smallest absolute Gasteiger partial charge is 0.259 e. The van der Waals surface area contributed by atoms with E-state index in [0.29, 0.717) is 4.90 Å². The van der Waals surface area contributed by atoms with Crippen molar-refractivity contribution in [3.8, 4) is 0 Å². The second kappa shape index (κ2) is 6.86. The summed E-state index contributed by atoms with van der Waals surface area (Å²) in [6, 6.07) is 24.7. The quantitative estimate of drug-likeness (QED) is 0.609. The summed E-state index contributed by atoms with van der Waals surface area (Å²) in [7, 11) is -3.68. The number of aryl methyl sites for hydroxylation is 1. The molecule has 0 fully saturated rings. The number of para-hydroxylation sites is 1. The molecular weight excluding hydrogens is 354 g/mol. The van der Waals surface area contributed by atoms with E-state index in [1.165, 1.54) is 0 Å². The summed E-state index contributed by atoms with van der Waals surface area (Å²) in [5.74, 6) is 0.288. The summed E-state index contributed by atoms with van der Waals surface area (Å²) in [5.41, 5.74) is 3.93. The van der Waals surface area contributed by atoms with Gasteiger partial charge >= 0.3 is 0 Å². The number of hydrogen-bond donors (Lipinski definition) is 0. The Morgan fingerprint density at radius 2 is 1.48 bits per heavy atom. The van der Waals surface area contributed by atoms with Crippen LogP contribution in [0.5, 0.6) is 0 Å². The topological polar surface area (TPSA) is 37.4 Å². The minimum atomic E-state index is -3.68. The van der Waals surface area contributed by atoms with Crippen LogP contribution in [0.25, 0.3) is 0 Å². The van der Waals surface area contributed by atoms with Gasteiger partial charge in [0, 0.05) is 0 Å². The molecule has 1 aliphatic rings. The van der Waals surface area contributed by atoms with Crippen molar-refractivity contribution < 1.29 is 8.42 Å². The van der Waals surface area contributed by atoms with Gasteiger partial charge in [-0.1, -0.05) is 73.2 Å². The first kappa shape index (κ1) is 17.8. The molecule has 0 saturated heterocycles. The first-order valence-corrected chi connectivity index (χ1v) is 10.7. The van der Waals surface area contributed by atoms with Crippen LogP contribution < -0.4 is 4.31 Å². The molecule has 3 nitrogen and oxygen atoms in total. The van der Waals surface area contributed by atoms with Gasteiger partial charge in [-0.15, -0.1) is 0 Å². The molecule has 0 radical (unpaired) electrons. The highest BCUT2D eigenvalue weighted by atomic mass is 32.2. The van der Waals surface area contributed by atoms with Gasteiger partial charge in [0.05, 0.1) is 16.6 Å². The molecule has 0 unspecified atom stereocenters. The Labute approximate surface area is 161 Å².